The summed E-state index contributed by atoms with van der Waals surface area (Å²) in [5.41, 5.74) is 2.99. The number of nitrogens with zero attached hydrogens (tertiary/aromatic N) is 2. The first-order chi connectivity index (χ1) is 10.0. The average Bonchev–Trinajstić information content (AvgIpc) is 2.47. The fraction of sp³-hybridized carbons (Fsp3) is 0.611. The van der Waals surface area contributed by atoms with Crippen molar-refractivity contribution in [1.29, 1.82) is 5.26 Å². The van der Waals surface area contributed by atoms with E-state index >= 15 is 0 Å². The molecule has 0 amide bonds. The van der Waals surface area contributed by atoms with Crippen molar-refractivity contribution in [2.45, 2.75) is 53.1 Å². The van der Waals surface area contributed by atoms with Crippen molar-refractivity contribution in [3.05, 3.63) is 29.3 Å². The van der Waals surface area contributed by atoms with Crippen molar-refractivity contribution in [3.8, 4) is 6.07 Å². The summed E-state index contributed by atoms with van der Waals surface area (Å²) in [7, 11) is 2.09. The van der Waals surface area contributed by atoms with Gasteiger partial charge in [-0.3, -0.25) is 0 Å². The van der Waals surface area contributed by atoms with Gasteiger partial charge in [0.1, 0.15) is 6.07 Å². The quantitative estimate of drug-likeness (QED) is 0.787. The monoisotopic (exact) mass is 287 g/mol. The maximum Gasteiger partial charge on any atom is 0.101 e. The third kappa shape index (κ3) is 5.06. The molecule has 0 saturated heterocycles. The second-order valence-corrected chi connectivity index (χ2v) is 6.07. The molecule has 0 radical (unpaired) electrons. The molecule has 3 nitrogen and oxygen atoms in total. The Morgan fingerprint density at radius 2 is 1.90 bits per heavy atom. The molecule has 3 heteroatoms. The Balaban J connectivity index is 2.86. The van der Waals surface area contributed by atoms with E-state index in [4.69, 9.17) is 0 Å². The Kier molecular flexibility index (Phi) is 7.25. The van der Waals surface area contributed by atoms with Crippen LogP contribution < -0.4 is 10.2 Å². The van der Waals surface area contributed by atoms with Crippen LogP contribution in [0.1, 0.15) is 51.7 Å². The van der Waals surface area contributed by atoms with Crippen molar-refractivity contribution in [2.24, 2.45) is 5.92 Å². The second kappa shape index (κ2) is 8.69. The number of benzene rings is 1. The lowest BCUT2D eigenvalue weighted by atomic mass is 10.0. The highest BCUT2D eigenvalue weighted by atomic mass is 15.1. The highest BCUT2D eigenvalue weighted by molar-refractivity contribution is 5.60. The SMILES string of the molecule is CCC(CC)N(C)c1ccc(CNCC(C)C)cc1C#N. The van der Waals surface area contributed by atoms with Gasteiger partial charge in [0, 0.05) is 19.6 Å². The zero-order valence-corrected chi connectivity index (χ0v) is 14.1. The van der Waals surface area contributed by atoms with E-state index in [-0.39, 0.29) is 0 Å². The molecular weight excluding hydrogens is 258 g/mol. The highest BCUT2D eigenvalue weighted by Crippen LogP contribution is 2.24. The lowest BCUT2D eigenvalue weighted by Crippen LogP contribution is -2.31. The summed E-state index contributed by atoms with van der Waals surface area (Å²) in [6, 6.07) is 9.07. The number of hydrogen-bond donors (Lipinski definition) is 1. The molecule has 1 aromatic rings. The molecular formula is C18H29N3. The molecule has 0 aliphatic rings. The lowest BCUT2D eigenvalue weighted by molar-refractivity contribution is 0.552. The standard InChI is InChI=1S/C18H29N3/c1-6-17(7-2)21(5)18-9-8-15(10-16(18)11-19)13-20-12-14(3)4/h8-10,14,17,20H,6-7,12-13H2,1-5H3. The fourth-order valence-corrected chi connectivity index (χ4v) is 2.63. The third-order valence-corrected chi connectivity index (χ3v) is 3.93. The maximum absolute atomic E-state index is 9.44. The maximum atomic E-state index is 9.44. The number of nitriles is 1. The summed E-state index contributed by atoms with van der Waals surface area (Å²) in [5.74, 6) is 0.640. The third-order valence-electron chi connectivity index (χ3n) is 3.93. The Morgan fingerprint density at radius 3 is 2.43 bits per heavy atom. The first kappa shape index (κ1) is 17.5. The van der Waals surface area contributed by atoms with Crippen molar-refractivity contribution >= 4 is 5.69 Å². The van der Waals surface area contributed by atoms with Gasteiger partial charge in [0.15, 0.2) is 0 Å². The van der Waals surface area contributed by atoms with Crippen LogP contribution in [-0.4, -0.2) is 19.6 Å². The van der Waals surface area contributed by atoms with Crippen LogP contribution in [0.2, 0.25) is 0 Å². The minimum atomic E-state index is 0.488. The van der Waals surface area contributed by atoms with E-state index in [9.17, 15) is 5.26 Å². The molecule has 0 heterocycles. The van der Waals surface area contributed by atoms with E-state index in [0.717, 1.165) is 37.2 Å². The molecule has 0 aliphatic carbocycles. The first-order valence-corrected chi connectivity index (χ1v) is 7.99. The molecule has 1 N–H and O–H groups in total. The summed E-state index contributed by atoms with van der Waals surface area (Å²) >= 11 is 0. The van der Waals surface area contributed by atoms with Crippen molar-refractivity contribution in [1.82, 2.24) is 5.32 Å². The Bertz CT molecular complexity index is 470. The van der Waals surface area contributed by atoms with Gasteiger partial charge in [0.25, 0.3) is 0 Å². The minimum absolute atomic E-state index is 0.488. The summed E-state index contributed by atoms with van der Waals surface area (Å²) < 4.78 is 0. The van der Waals surface area contributed by atoms with Crippen LogP contribution in [0.15, 0.2) is 18.2 Å². The van der Waals surface area contributed by atoms with Crippen molar-refractivity contribution in [2.75, 3.05) is 18.5 Å². The van der Waals surface area contributed by atoms with E-state index in [2.05, 4.69) is 63.2 Å². The molecule has 0 atom stereocenters. The number of anilines is 1. The lowest BCUT2D eigenvalue weighted by Gasteiger charge is -2.29. The van der Waals surface area contributed by atoms with Crippen LogP contribution in [0.3, 0.4) is 0 Å². The van der Waals surface area contributed by atoms with Crippen molar-refractivity contribution in [3.63, 3.8) is 0 Å². The molecule has 116 valence electrons. The molecule has 0 unspecified atom stereocenters. The van der Waals surface area contributed by atoms with Crippen LogP contribution in [0.25, 0.3) is 0 Å². The van der Waals surface area contributed by atoms with Gasteiger partial charge in [0.05, 0.1) is 11.3 Å². The van der Waals surface area contributed by atoms with Crippen LogP contribution in [-0.2, 0) is 6.54 Å². The van der Waals surface area contributed by atoms with Gasteiger partial charge in [-0.05, 0) is 43.0 Å². The van der Waals surface area contributed by atoms with E-state index in [1.807, 2.05) is 6.07 Å². The normalized spacial score (nSPS) is 11.0. The van der Waals surface area contributed by atoms with Gasteiger partial charge in [-0.2, -0.15) is 5.26 Å². The Hall–Kier alpha value is -1.53. The fourth-order valence-electron chi connectivity index (χ4n) is 2.63. The molecule has 0 spiro atoms. The molecule has 0 aliphatic heterocycles. The van der Waals surface area contributed by atoms with Gasteiger partial charge >= 0.3 is 0 Å². The van der Waals surface area contributed by atoms with E-state index in [1.165, 1.54) is 5.56 Å². The Labute approximate surface area is 130 Å². The van der Waals surface area contributed by atoms with Gasteiger partial charge in [-0.1, -0.05) is 33.8 Å². The van der Waals surface area contributed by atoms with Crippen LogP contribution in [0.5, 0.6) is 0 Å². The molecule has 21 heavy (non-hydrogen) atoms. The van der Waals surface area contributed by atoms with Gasteiger partial charge in [-0.15, -0.1) is 0 Å². The van der Waals surface area contributed by atoms with Gasteiger partial charge in [-0.25, -0.2) is 0 Å². The average molecular weight is 287 g/mol. The zero-order chi connectivity index (χ0) is 15.8. The van der Waals surface area contributed by atoms with Gasteiger partial charge in [0.2, 0.25) is 0 Å². The molecule has 0 fully saturated rings. The van der Waals surface area contributed by atoms with Crippen LogP contribution in [0, 0.1) is 17.2 Å². The minimum Gasteiger partial charge on any atom is -0.371 e. The smallest absolute Gasteiger partial charge is 0.101 e. The molecule has 0 aromatic heterocycles. The highest BCUT2D eigenvalue weighted by Gasteiger charge is 2.15. The number of nitrogens with one attached hydrogen (secondary N) is 1. The summed E-state index contributed by atoms with van der Waals surface area (Å²) in [5, 5.41) is 12.9. The number of hydrogen-bond acceptors (Lipinski definition) is 3. The predicted octanol–water partition coefficient (Wildman–Crippen LogP) is 3.93. The van der Waals surface area contributed by atoms with Crippen LogP contribution >= 0.6 is 0 Å². The molecule has 0 bridgehead atoms. The topological polar surface area (TPSA) is 39.1 Å². The summed E-state index contributed by atoms with van der Waals surface area (Å²) in [6.45, 7) is 10.6. The first-order valence-electron chi connectivity index (χ1n) is 7.99. The molecule has 1 aromatic carbocycles. The van der Waals surface area contributed by atoms with E-state index in [1.54, 1.807) is 0 Å². The van der Waals surface area contributed by atoms with Crippen LogP contribution in [0.4, 0.5) is 5.69 Å². The second-order valence-electron chi connectivity index (χ2n) is 6.07. The zero-order valence-electron chi connectivity index (χ0n) is 14.1. The summed E-state index contributed by atoms with van der Waals surface area (Å²) in [4.78, 5) is 2.24. The van der Waals surface area contributed by atoms with Crippen molar-refractivity contribution < 1.29 is 0 Å². The van der Waals surface area contributed by atoms with E-state index in [0.29, 0.717) is 12.0 Å². The molecule has 1 rings (SSSR count). The van der Waals surface area contributed by atoms with E-state index < -0.39 is 0 Å². The van der Waals surface area contributed by atoms with Gasteiger partial charge < -0.3 is 10.2 Å². The summed E-state index contributed by atoms with van der Waals surface area (Å²) in [6.07, 6.45) is 2.19. The predicted molar refractivity (Wildman–Crippen MR) is 90.5 cm³/mol. The largest absolute Gasteiger partial charge is 0.371 e. The molecule has 0 saturated carbocycles. The number of rotatable bonds is 8. The Morgan fingerprint density at radius 1 is 1.24 bits per heavy atom.